The Balaban J connectivity index is 1.95. The number of fused-ring (bicyclic) bond motifs is 1. The molecule has 2 N–H and O–H groups in total. The molecule has 0 bridgehead atoms. The molecule has 1 aliphatic heterocycles. The number of nitrogens with zero attached hydrogens (tertiary/aromatic N) is 1. The van der Waals surface area contributed by atoms with E-state index in [1.807, 2.05) is 6.08 Å². The van der Waals surface area contributed by atoms with E-state index in [1.165, 1.54) is 28.8 Å². The molecule has 0 radical (unpaired) electrons. The second kappa shape index (κ2) is 5.79. The summed E-state index contributed by atoms with van der Waals surface area (Å²) in [4.78, 5) is 2.25. The molecule has 0 aromatic heterocycles. The molecular formula is C16H17F3N2OS. The van der Waals surface area contributed by atoms with Crippen LogP contribution >= 0.6 is 11.8 Å². The molecule has 0 saturated carbocycles. The van der Waals surface area contributed by atoms with Crippen LogP contribution in [0.4, 0.5) is 18.9 Å². The van der Waals surface area contributed by atoms with E-state index in [-0.39, 0.29) is 22.9 Å². The van der Waals surface area contributed by atoms with Crippen molar-refractivity contribution in [1.29, 1.82) is 0 Å². The number of anilines is 1. The number of hydrogen-bond donors (Lipinski definition) is 2. The van der Waals surface area contributed by atoms with Gasteiger partial charge in [-0.3, -0.25) is 5.32 Å². The van der Waals surface area contributed by atoms with Crippen molar-refractivity contribution in [3.05, 3.63) is 52.1 Å². The van der Waals surface area contributed by atoms with Gasteiger partial charge in [0.2, 0.25) is 0 Å². The molecule has 1 saturated heterocycles. The Morgan fingerprint density at radius 3 is 2.65 bits per heavy atom. The highest BCUT2D eigenvalue weighted by molar-refractivity contribution is 8.03. The van der Waals surface area contributed by atoms with E-state index in [1.54, 1.807) is 26.2 Å². The van der Waals surface area contributed by atoms with Crippen molar-refractivity contribution in [3.63, 3.8) is 0 Å². The summed E-state index contributed by atoms with van der Waals surface area (Å²) in [6, 6.07) is 4.37. The predicted octanol–water partition coefficient (Wildman–Crippen LogP) is 4.20. The van der Waals surface area contributed by atoms with Crippen LogP contribution in [-0.4, -0.2) is 25.2 Å². The summed E-state index contributed by atoms with van der Waals surface area (Å²) in [6.07, 6.45) is -0.186. The molecular weight excluding hydrogens is 325 g/mol. The summed E-state index contributed by atoms with van der Waals surface area (Å²) in [5.41, 5.74) is 0.0571. The molecule has 3 rings (SSSR count). The minimum absolute atomic E-state index is 0.0298. The molecule has 1 heterocycles. The molecule has 23 heavy (non-hydrogen) atoms. The quantitative estimate of drug-likeness (QED) is 0.844. The van der Waals surface area contributed by atoms with Crippen LogP contribution in [0, 0.1) is 0 Å². The van der Waals surface area contributed by atoms with E-state index in [9.17, 15) is 18.3 Å². The molecule has 2 unspecified atom stereocenters. The third-order valence-corrected chi connectivity index (χ3v) is 5.32. The van der Waals surface area contributed by atoms with Gasteiger partial charge in [-0.2, -0.15) is 13.2 Å². The summed E-state index contributed by atoms with van der Waals surface area (Å²) < 4.78 is 40.0. The summed E-state index contributed by atoms with van der Waals surface area (Å²) in [7, 11) is 3.19. The average Bonchev–Trinajstić information content (AvgIpc) is 2.91. The Morgan fingerprint density at radius 1 is 1.30 bits per heavy atom. The van der Waals surface area contributed by atoms with E-state index >= 15 is 0 Å². The van der Waals surface area contributed by atoms with Crippen molar-refractivity contribution in [2.75, 3.05) is 19.0 Å². The van der Waals surface area contributed by atoms with Crippen LogP contribution < -0.4 is 10.2 Å². The van der Waals surface area contributed by atoms with Gasteiger partial charge in [-0.25, -0.2) is 0 Å². The van der Waals surface area contributed by atoms with Crippen molar-refractivity contribution in [3.8, 4) is 0 Å². The Kier molecular flexibility index (Phi) is 4.10. The number of benzene rings is 1. The number of halogens is 3. The highest BCUT2D eigenvalue weighted by atomic mass is 32.2. The zero-order valence-corrected chi connectivity index (χ0v) is 13.5. The number of rotatable bonds is 2. The largest absolute Gasteiger partial charge is 0.507 e. The number of aliphatic hydroxyl groups is 1. The van der Waals surface area contributed by atoms with Gasteiger partial charge in [0.15, 0.2) is 0 Å². The van der Waals surface area contributed by atoms with Crippen molar-refractivity contribution in [1.82, 2.24) is 5.32 Å². The average molecular weight is 342 g/mol. The van der Waals surface area contributed by atoms with Gasteiger partial charge in [0.25, 0.3) is 0 Å². The molecule has 0 amide bonds. The Bertz CT molecular complexity index is 682. The fraction of sp³-hybridized carbons (Fsp3) is 0.375. The Hall–Kier alpha value is -1.60. The molecule has 1 aromatic rings. The maximum atomic E-state index is 13.3. The van der Waals surface area contributed by atoms with Crippen molar-refractivity contribution >= 4 is 17.4 Å². The molecule has 2 aliphatic rings. The van der Waals surface area contributed by atoms with Crippen molar-refractivity contribution < 1.29 is 18.3 Å². The lowest BCUT2D eigenvalue weighted by atomic mass is 10.1. The Labute approximate surface area is 136 Å². The van der Waals surface area contributed by atoms with Crippen LogP contribution in [-0.2, 0) is 6.18 Å². The molecule has 1 aliphatic carbocycles. The smallest absolute Gasteiger partial charge is 0.418 e. The first-order valence-electron chi connectivity index (χ1n) is 7.18. The standard InChI is InChI=1S/C16H17F3N2OS/c1-21(2)12-7-6-9(8-10(12)16(17,18)19)15-20-11-4-3-5-13(22)14(11)23-15/h3,5-8,11,15,20,22H,4H2,1-2H3. The van der Waals surface area contributed by atoms with Gasteiger partial charge >= 0.3 is 6.18 Å². The highest BCUT2D eigenvalue weighted by Gasteiger charge is 2.37. The first-order chi connectivity index (χ1) is 10.8. The van der Waals surface area contributed by atoms with Crippen LogP contribution in [0.1, 0.15) is 22.9 Å². The summed E-state index contributed by atoms with van der Waals surface area (Å²) in [5.74, 6) is 0.196. The fourth-order valence-corrected chi connectivity index (χ4v) is 4.10. The molecule has 1 aromatic carbocycles. The second-order valence-corrected chi connectivity index (χ2v) is 6.92. The first-order valence-corrected chi connectivity index (χ1v) is 8.06. The summed E-state index contributed by atoms with van der Waals surface area (Å²) in [5, 5.41) is 12.9. The summed E-state index contributed by atoms with van der Waals surface area (Å²) in [6.45, 7) is 0. The van der Waals surface area contributed by atoms with Gasteiger partial charge in [0.1, 0.15) is 5.76 Å². The Morgan fingerprint density at radius 2 is 2.04 bits per heavy atom. The maximum absolute atomic E-state index is 13.3. The van der Waals surface area contributed by atoms with Crippen LogP contribution in [0.2, 0.25) is 0 Å². The van der Waals surface area contributed by atoms with E-state index in [4.69, 9.17) is 0 Å². The van der Waals surface area contributed by atoms with E-state index in [0.717, 1.165) is 11.3 Å². The minimum atomic E-state index is -4.41. The zero-order chi connectivity index (χ0) is 16.8. The fourth-order valence-electron chi connectivity index (χ4n) is 2.81. The number of nitrogens with one attached hydrogen (secondary N) is 1. The molecule has 0 spiro atoms. The molecule has 1 fully saturated rings. The normalized spacial score (nSPS) is 24.0. The van der Waals surface area contributed by atoms with Crippen LogP contribution in [0.3, 0.4) is 0 Å². The van der Waals surface area contributed by atoms with E-state index < -0.39 is 11.7 Å². The van der Waals surface area contributed by atoms with Gasteiger partial charge in [-0.1, -0.05) is 12.1 Å². The number of thioether (sulfide) groups is 1. The molecule has 3 nitrogen and oxygen atoms in total. The summed E-state index contributed by atoms with van der Waals surface area (Å²) >= 11 is 1.38. The molecule has 7 heteroatoms. The van der Waals surface area contributed by atoms with E-state index in [0.29, 0.717) is 5.56 Å². The van der Waals surface area contributed by atoms with Gasteiger partial charge in [0, 0.05) is 30.7 Å². The SMILES string of the molecule is CN(C)c1ccc(C2NC3CC=CC(O)=C3S2)cc1C(F)(F)F. The monoisotopic (exact) mass is 342 g/mol. The lowest BCUT2D eigenvalue weighted by Gasteiger charge is -2.21. The lowest BCUT2D eigenvalue weighted by molar-refractivity contribution is -0.137. The lowest BCUT2D eigenvalue weighted by Crippen LogP contribution is -2.26. The van der Waals surface area contributed by atoms with Crippen LogP contribution in [0.5, 0.6) is 0 Å². The van der Waals surface area contributed by atoms with Crippen LogP contribution in [0.15, 0.2) is 41.0 Å². The van der Waals surface area contributed by atoms with Gasteiger partial charge in [0.05, 0.1) is 10.9 Å². The number of hydrogen-bond acceptors (Lipinski definition) is 4. The highest BCUT2D eigenvalue weighted by Crippen LogP contribution is 2.46. The zero-order valence-electron chi connectivity index (χ0n) is 12.7. The van der Waals surface area contributed by atoms with Gasteiger partial charge in [-0.05, 0) is 30.2 Å². The third kappa shape index (κ3) is 3.07. The molecule has 124 valence electrons. The molecule has 2 atom stereocenters. The van der Waals surface area contributed by atoms with Crippen LogP contribution in [0.25, 0.3) is 0 Å². The predicted molar refractivity (Wildman–Crippen MR) is 86.4 cm³/mol. The number of allylic oxidation sites excluding steroid dienone is 1. The van der Waals surface area contributed by atoms with Gasteiger partial charge in [-0.15, -0.1) is 11.8 Å². The topological polar surface area (TPSA) is 35.5 Å². The maximum Gasteiger partial charge on any atom is 0.418 e. The number of aliphatic hydroxyl groups excluding tert-OH is 1. The minimum Gasteiger partial charge on any atom is -0.507 e. The first kappa shape index (κ1) is 16.3. The number of alkyl halides is 3. The van der Waals surface area contributed by atoms with E-state index in [2.05, 4.69) is 5.32 Å². The van der Waals surface area contributed by atoms with Gasteiger partial charge < -0.3 is 10.0 Å². The van der Waals surface area contributed by atoms with Crippen molar-refractivity contribution in [2.24, 2.45) is 0 Å². The second-order valence-electron chi connectivity index (χ2n) is 5.77. The third-order valence-electron chi connectivity index (χ3n) is 3.92. The van der Waals surface area contributed by atoms with Crippen molar-refractivity contribution in [2.45, 2.75) is 24.0 Å².